The van der Waals surface area contributed by atoms with Crippen molar-refractivity contribution in [2.75, 3.05) is 26.2 Å². The first-order valence-electron chi connectivity index (χ1n) is 7.45. The molecule has 0 bridgehead atoms. The van der Waals surface area contributed by atoms with E-state index in [0.29, 0.717) is 17.8 Å². The zero-order valence-electron chi connectivity index (χ0n) is 12.4. The molecule has 2 N–H and O–H groups in total. The number of hydrogen-bond acceptors (Lipinski definition) is 4. The number of aliphatic hydroxyl groups excluding tert-OH is 1. The molecule has 4 nitrogen and oxygen atoms in total. The lowest BCUT2D eigenvalue weighted by Gasteiger charge is -2.19. The number of carbonyl (C=O) groups is 1. The number of likely N-dealkylation sites (N-methyl/N-ethyl adjacent to an activating group) is 1. The van der Waals surface area contributed by atoms with Crippen LogP contribution >= 0.6 is 11.3 Å². The molecule has 21 heavy (non-hydrogen) atoms. The van der Waals surface area contributed by atoms with Gasteiger partial charge in [-0.1, -0.05) is 18.8 Å². The van der Waals surface area contributed by atoms with Crippen LogP contribution in [0.15, 0.2) is 11.4 Å². The van der Waals surface area contributed by atoms with Crippen molar-refractivity contribution in [3.63, 3.8) is 0 Å². The molecule has 1 aromatic heterocycles. The van der Waals surface area contributed by atoms with E-state index in [1.807, 2.05) is 11.4 Å². The van der Waals surface area contributed by atoms with Crippen molar-refractivity contribution in [1.29, 1.82) is 0 Å². The molecule has 2 rings (SSSR count). The van der Waals surface area contributed by atoms with Gasteiger partial charge in [-0.2, -0.15) is 0 Å². The van der Waals surface area contributed by atoms with Gasteiger partial charge in [0.25, 0.3) is 5.91 Å². The fraction of sp³-hybridized carbons (Fsp3) is 0.562. The zero-order valence-corrected chi connectivity index (χ0v) is 13.2. The highest BCUT2D eigenvalue weighted by Gasteiger charge is 2.27. The van der Waals surface area contributed by atoms with Gasteiger partial charge >= 0.3 is 0 Å². The van der Waals surface area contributed by atoms with Gasteiger partial charge in [0.1, 0.15) is 4.88 Å². The van der Waals surface area contributed by atoms with E-state index < -0.39 is 0 Å². The van der Waals surface area contributed by atoms with Crippen LogP contribution < -0.4 is 5.32 Å². The minimum Gasteiger partial charge on any atom is -0.395 e. The summed E-state index contributed by atoms with van der Waals surface area (Å²) in [4.78, 5) is 15.3. The molecule has 0 spiro atoms. The van der Waals surface area contributed by atoms with Crippen LogP contribution in [-0.4, -0.2) is 48.2 Å². The van der Waals surface area contributed by atoms with E-state index in [0.717, 1.165) is 24.7 Å². The number of thiophene rings is 1. The van der Waals surface area contributed by atoms with Gasteiger partial charge in [0, 0.05) is 31.1 Å². The van der Waals surface area contributed by atoms with E-state index in [-0.39, 0.29) is 12.5 Å². The molecule has 0 aliphatic heterocycles. The molecule has 0 radical (unpaired) electrons. The summed E-state index contributed by atoms with van der Waals surface area (Å²) in [5, 5.41) is 13.6. The van der Waals surface area contributed by atoms with Crippen LogP contribution in [0.25, 0.3) is 0 Å². The van der Waals surface area contributed by atoms with Crippen LogP contribution in [-0.2, 0) is 0 Å². The highest BCUT2D eigenvalue weighted by Crippen LogP contribution is 2.25. The van der Waals surface area contributed by atoms with Crippen molar-refractivity contribution >= 4 is 17.2 Å². The van der Waals surface area contributed by atoms with Crippen molar-refractivity contribution < 1.29 is 9.90 Å². The molecule has 5 heteroatoms. The number of nitrogens with zero attached hydrogens (tertiary/aromatic N) is 1. The first kappa shape index (κ1) is 16.0. The molecular weight excluding hydrogens is 284 g/mol. The molecule has 0 unspecified atom stereocenters. The van der Waals surface area contributed by atoms with Gasteiger partial charge in [0.2, 0.25) is 0 Å². The molecule has 1 fully saturated rings. The molecule has 0 atom stereocenters. The third-order valence-corrected chi connectivity index (χ3v) is 4.40. The summed E-state index contributed by atoms with van der Waals surface area (Å²) in [6, 6.07) is 2.58. The minimum atomic E-state index is -0.0508. The second-order valence-corrected chi connectivity index (χ2v) is 5.97. The summed E-state index contributed by atoms with van der Waals surface area (Å²) in [5.41, 5.74) is 0.750. The Kier molecular flexibility index (Phi) is 6.24. The van der Waals surface area contributed by atoms with Crippen LogP contribution in [0.3, 0.4) is 0 Å². The third kappa shape index (κ3) is 4.85. The Morgan fingerprint density at radius 3 is 3.05 bits per heavy atom. The first-order valence-corrected chi connectivity index (χ1v) is 8.33. The number of hydrogen-bond donors (Lipinski definition) is 2. The average Bonchev–Trinajstić information content (AvgIpc) is 3.22. The zero-order chi connectivity index (χ0) is 15.1. The molecule has 114 valence electrons. The second kappa shape index (κ2) is 8.18. The maximum atomic E-state index is 12.2. The van der Waals surface area contributed by atoms with Crippen molar-refractivity contribution in [3.05, 3.63) is 21.9 Å². The van der Waals surface area contributed by atoms with Crippen molar-refractivity contribution in [3.8, 4) is 11.8 Å². The van der Waals surface area contributed by atoms with Crippen LogP contribution in [0.2, 0.25) is 0 Å². The Hall–Kier alpha value is -1.35. The summed E-state index contributed by atoms with van der Waals surface area (Å²) in [5.74, 6) is 5.75. The number of aliphatic hydroxyl groups is 1. The predicted octanol–water partition coefficient (Wildman–Crippen LogP) is 1.70. The van der Waals surface area contributed by atoms with Gasteiger partial charge in [-0.3, -0.25) is 9.69 Å². The largest absolute Gasteiger partial charge is 0.395 e. The number of amides is 1. The monoisotopic (exact) mass is 306 g/mol. The molecular formula is C16H22N2O2S. The quantitative estimate of drug-likeness (QED) is 0.754. The van der Waals surface area contributed by atoms with Crippen molar-refractivity contribution in [2.24, 2.45) is 0 Å². The molecule has 0 aromatic carbocycles. The maximum absolute atomic E-state index is 12.2. The van der Waals surface area contributed by atoms with E-state index in [2.05, 4.69) is 29.0 Å². The Morgan fingerprint density at radius 2 is 2.38 bits per heavy atom. The van der Waals surface area contributed by atoms with E-state index >= 15 is 0 Å². The Morgan fingerprint density at radius 1 is 1.57 bits per heavy atom. The van der Waals surface area contributed by atoms with Gasteiger partial charge in [-0.15, -0.1) is 11.3 Å². The summed E-state index contributed by atoms with van der Waals surface area (Å²) < 4.78 is 0. The topological polar surface area (TPSA) is 52.6 Å². The standard InChI is InChI=1S/C16H22N2O2S/c1-2-18(14-6-7-14)10-9-17-16(20)15-13(8-12-21-15)5-3-4-11-19/h8,12,14,19H,2,4,6-7,9-11H2,1H3,(H,17,20). The molecule has 1 saturated carbocycles. The lowest BCUT2D eigenvalue weighted by Crippen LogP contribution is -2.36. The molecule has 1 heterocycles. The lowest BCUT2D eigenvalue weighted by atomic mass is 10.2. The fourth-order valence-electron chi connectivity index (χ4n) is 2.23. The summed E-state index contributed by atoms with van der Waals surface area (Å²) in [6.45, 7) is 4.83. The number of carbonyl (C=O) groups excluding carboxylic acids is 1. The first-order chi connectivity index (χ1) is 10.3. The van der Waals surface area contributed by atoms with Gasteiger partial charge < -0.3 is 10.4 Å². The number of nitrogens with one attached hydrogen (secondary N) is 1. The summed E-state index contributed by atoms with van der Waals surface area (Å²) >= 11 is 1.41. The van der Waals surface area contributed by atoms with Gasteiger partial charge in [-0.05, 0) is 30.8 Å². The SMILES string of the molecule is CCN(CCNC(=O)c1sccc1C#CCCO)C1CC1. The van der Waals surface area contributed by atoms with Gasteiger partial charge in [0.15, 0.2) is 0 Å². The molecule has 1 aliphatic carbocycles. The summed E-state index contributed by atoms with van der Waals surface area (Å²) in [6.07, 6.45) is 3.01. The summed E-state index contributed by atoms with van der Waals surface area (Å²) in [7, 11) is 0. The van der Waals surface area contributed by atoms with E-state index in [1.165, 1.54) is 24.2 Å². The van der Waals surface area contributed by atoms with Crippen LogP contribution in [0.4, 0.5) is 0 Å². The smallest absolute Gasteiger partial charge is 0.262 e. The Labute approximate surface area is 130 Å². The molecule has 1 aromatic rings. The second-order valence-electron chi connectivity index (χ2n) is 5.05. The lowest BCUT2D eigenvalue weighted by molar-refractivity contribution is 0.0952. The average molecular weight is 306 g/mol. The van der Waals surface area contributed by atoms with E-state index in [4.69, 9.17) is 5.11 Å². The van der Waals surface area contributed by atoms with Gasteiger partial charge in [0.05, 0.1) is 6.61 Å². The highest BCUT2D eigenvalue weighted by molar-refractivity contribution is 7.12. The maximum Gasteiger partial charge on any atom is 0.262 e. The normalized spacial score (nSPS) is 13.9. The van der Waals surface area contributed by atoms with Crippen molar-refractivity contribution in [2.45, 2.75) is 32.2 Å². The number of rotatable bonds is 7. The van der Waals surface area contributed by atoms with Crippen molar-refractivity contribution in [1.82, 2.24) is 10.2 Å². The van der Waals surface area contributed by atoms with Gasteiger partial charge in [-0.25, -0.2) is 0 Å². The Balaban J connectivity index is 1.83. The molecule has 1 aliphatic rings. The fourth-order valence-corrected chi connectivity index (χ4v) is 2.99. The highest BCUT2D eigenvalue weighted by atomic mass is 32.1. The Bertz CT molecular complexity index is 526. The van der Waals surface area contributed by atoms with Crippen LogP contribution in [0, 0.1) is 11.8 Å². The van der Waals surface area contributed by atoms with E-state index in [9.17, 15) is 4.79 Å². The van der Waals surface area contributed by atoms with Crippen LogP contribution in [0.1, 0.15) is 41.4 Å². The minimum absolute atomic E-state index is 0.0483. The van der Waals surface area contributed by atoms with E-state index in [1.54, 1.807) is 0 Å². The molecule has 0 saturated heterocycles. The van der Waals surface area contributed by atoms with Crippen LogP contribution in [0.5, 0.6) is 0 Å². The predicted molar refractivity (Wildman–Crippen MR) is 85.5 cm³/mol. The third-order valence-electron chi connectivity index (χ3n) is 3.49. The molecule has 1 amide bonds.